The zero-order chi connectivity index (χ0) is 15.4. The highest BCUT2D eigenvalue weighted by Gasteiger charge is 2.35. The molecule has 0 N–H and O–H groups in total. The van der Waals surface area contributed by atoms with Crippen LogP contribution >= 0.6 is 0 Å². The Morgan fingerprint density at radius 1 is 0.905 bits per heavy atom. The quantitative estimate of drug-likeness (QED) is 0.191. The highest BCUT2D eigenvalue weighted by molar-refractivity contribution is 4.83. The lowest BCUT2D eigenvalue weighted by molar-refractivity contribution is -0.923. The Labute approximate surface area is 133 Å². The van der Waals surface area contributed by atoms with E-state index in [4.69, 9.17) is 4.74 Å². The molecule has 1 aliphatic heterocycles. The molecule has 2 nitrogen and oxygen atoms in total. The van der Waals surface area contributed by atoms with Crippen molar-refractivity contribution in [2.45, 2.75) is 78.2 Å². The standard InChI is InChI=1S/C19H38NO/c1-4-7-10-11-12-13-16-20(14-8-5-2,15-9-6-3)17-19-18-21-19/h12-13,19H,4-11,14-18H2,1-3H3/q+1/b13-12+. The van der Waals surface area contributed by atoms with Gasteiger partial charge in [-0.2, -0.15) is 0 Å². The molecule has 2 heteroatoms. The summed E-state index contributed by atoms with van der Waals surface area (Å²) in [5.74, 6) is 0. The molecule has 0 bridgehead atoms. The van der Waals surface area contributed by atoms with Crippen molar-refractivity contribution in [2.75, 3.05) is 32.8 Å². The van der Waals surface area contributed by atoms with E-state index in [0.717, 1.165) is 6.61 Å². The normalized spacial score (nSPS) is 18.5. The Morgan fingerprint density at radius 2 is 1.52 bits per heavy atom. The first kappa shape index (κ1) is 18.7. The molecular weight excluding hydrogens is 258 g/mol. The first-order valence-electron chi connectivity index (χ1n) is 9.38. The smallest absolute Gasteiger partial charge is 0.130 e. The van der Waals surface area contributed by atoms with Crippen molar-refractivity contribution < 1.29 is 9.22 Å². The predicted molar refractivity (Wildman–Crippen MR) is 92.6 cm³/mol. The molecule has 1 atom stereocenters. The maximum absolute atomic E-state index is 5.54. The number of epoxide rings is 1. The number of unbranched alkanes of at least 4 members (excludes halogenated alkanes) is 5. The molecule has 0 amide bonds. The molecule has 1 saturated heterocycles. The Bertz CT molecular complexity index is 263. The van der Waals surface area contributed by atoms with E-state index >= 15 is 0 Å². The Hall–Kier alpha value is -0.340. The molecule has 21 heavy (non-hydrogen) atoms. The van der Waals surface area contributed by atoms with Gasteiger partial charge in [0.2, 0.25) is 0 Å². The van der Waals surface area contributed by atoms with E-state index in [0.29, 0.717) is 6.10 Å². The van der Waals surface area contributed by atoms with Gasteiger partial charge in [-0.05, 0) is 31.8 Å². The third kappa shape index (κ3) is 8.63. The fraction of sp³-hybridized carbons (Fsp3) is 0.895. The monoisotopic (exact) mass is 296 g/mol. The van der Waals surface area contributed by atoms with Crippen LogP contribution in [0.3, 0.4) is 0 Å². The molecule has 0 aromatic carbocycles. The van der Waals surface area contributed by atoms with E-state index in [2.05, 4.69) is 32.9 Å². The molecule has 1 fully saturated rings. The van der Waals surface area contributed by atoms with Crippen LogP contribution in [0.4, 0.5) is 0 Å². The maximum atomic E-state index is 5.54. The molecule has 1 unspecified atom stereocenters. The molecule has 124 valence electrons. The largest absolute Gasteiger partial charge is 0.367 e. The van der Waals surface area contributed by atoms with Crippen LogP contribution in [0.2, 0.25) is 0 Å². The number of allylic oxidation sites excluding steroid dienone is 1. The topological polar surface area (TPSA) is 12.5 Å². The summed E-state index contributed by atoms with van der Waals surface area (Å²) in [5, 5.41) is 0. The third-order valence-electron chi connectivity index (χ3n) is 4.60. The molecule has 0 aliphatic carbocycles. The van der Waals surface area contributed by atoms with Crippen molar-refractivity contribution in [1.29, 1.82) is 0 Å². The van der Waals surface area contributed by atoms with Gasteiger partial charge < -0.3 is 9.22 Å². The van der Waals surface area contributed by atoms with Crippen LogP contribution in [0, 0.1) is 0 Å². The molecule has 0 saturated carbocycles. The van der Waals surface area contributed by atoms with Gasteiger partial charge in [0.05, 0.1) is 26.2 Å². The van der Waals surface area contributed by atoms with Gasteiger partial charge in [-0.25, -0.2) is 0 Å². The second-order valence-corrected chi connectivity index (χ2v) is 6.78. The van der Waals surface area contributed by atoms with Gasteiger partial charge >= 0.3 is 0 Å². The summed E-state index contributed by atoms with van der Waals surface area (Å²) in [7, 11) is 0. The van der Waals surface area contributed by atoms with Crippen LogP contribution in [0.5, 0.6) is 0 Å². The fourth-order valence-electron chi connectivity index (χ4n) is 3.07. The maximum Gasteiger partial charge on any atom is 0.130 e. The van der Waals surface area contributed by atoms with Crippen molar-refractivity contribution in [1.82, 2.24) is 0 Å². The number of rotatable bonds is 14. The van der Waals surface area contributed by atoms with Crippen LogP contribution < -0.4 is 0 Å². The molecule has 1 heterocycles. The zero-order valence-corrected chi connectivity index (χ0v) is 14.8. The lowest BCUT2D eigenvalue weighted by Crippen LogP contribution is -2.51. The lowest BCUT2D eigenvalue weighted by atomic mass is 10.1. The summed E-state index contributed by atoms with van der Waals surface area (Å²) in [6, 6.07) is 0. The Balaban J connectivity index is 2.49. The number of quaternary nitrogens is 1. The zero-order valence-electron chi connectivity index (χ0n) is 14.8. The summed E-state index contributed by atoms with van der Waals surface area (Å²) in [4.78, 5) is 0. The van der Waals surface area contributed by atoms with Crippen molar-refractivity contribution in [3.05, 3.63) is 12.2 Å². The van der Waals surface area contributed by atoms with Gasteiger partial charge in [0.25, 0.3) is 0 Å². The van der Waals surface area contributed by atoms with E-state index < -0.39 is 0 Å². The molecule has 0 aromatic heterocycles. The minimum Gasteiger partial charge on any atom is -0.367 e. The molecule has 0 aromatic rings. The van der Waals surface area contributed by atoms with Gasteiger partial charge in [0.15, 0.2) is 0 Å². The van der Waals surface area contributed by atoms with Crippen LogP contribution in [0.1, 0.15) is 72.1 Å². The van der Waals surface area contributed by atoms with Crippen molar-refractivity contribution in [3.8, 4) is 0 Å². The number of hydrogen-bond acceptors (Lipinski definition) is 1. The van der Waals surface area contributed by atoms with Crippen molar-refractivity contribution >= 4 is 0 Å². The van der Waals surface area contributed by atoms with Gasteiger partial charge in [-0.1, -0.05) is 52.5 Å². The number of nitrogens with zero attached hydrogens (tertiary/aromatic N) is 1. The first-order valence-corrected chi connectivity index (χ1v) is 9.38. The van der Waals surface area contributed by atoms with Gasteiger partial charge in [-0.15, -0.1) is 0 Å². The van der Waals surface area contributed by atoms with E-state index in [-0.39, 0.29) is 0 Å². The van der Waals surface area contributed by atoms with Crippen molar-refractivity contribution in [2.24, 2.45) is 0 Å². The molecular formula is C19H38NO+. The number of hydrogen-bond donors (Lipinski definition) is 0. The first-order chi connectivity index (χ1) is 10.3. The minimum atomic E-state index is 0.548. The van der Waals surface area contributed by atoms with Crippen LogP contribution in [-0.4, -0.2) is 43.4 Å². The van der Waals surface area contributed by atoms with Crippen molar-refractivity contribution in [3.63, 3.8) is 0 Å². The second-order valence-electron chi connectivity index (χ2n) is 6.78. The SMILES string of the molecule is CCCCC/C=C/C[N+](CCCC)(CCCC)CC1CO1. The van der Waals surface area contributed by atoms with Crippen LogP contribution in [0.25, 0.3) is 0 Å². The molecule has 1 aliphatic rings. The van der Waals surface area contributed by atoms with Gasteiger partial charge in [0, 0.05) is 0 Å². The highest BCUT2D eigenvalue weighted by Crippen LogP contribution is 2.20. The minimum absolute atomic E-state index is 0.548. The molecule has 0 radical (unpaired) electrons. The van der Waals surface area contributed by atoms with Gasteiger partial charge in [-0.3, -0.25) is 0 Å². The number of ether oxygens (including phenoxy) is 1. The highest BCUT2D eigenvalue weighted by atomic mass is 16.6. The summed E-state index contributed by atoms with van der Waals surface area (Å²) in [6.07, 6.45) is 16.0. The Kier molecular flexibility index (Phi) is 10.0. The average molecular weight is 297 g/mol. The third-order valence-corrected chi connectivity index (χ3v) is 4.60. The fourth-order valence-corrected chi connectivity index (χ4v) is 3.07. The van der Waals surface area contributed by atoms with E-state index in [9.17, 15) is 0 Å². The van der Waals surface area contributed by atoms with E-state index in [1.54, 1.807) is 0 Å². The van der Waals surface area contributed by atoms with E-state index in [1.807, 2.05) is 0 Å². The summed E-state index contributed by atoms with van der Waals surface area (Å²) in [6.45, 7) is 13.0. The molecule has 0 spiro atoms. The average Bonchev–Trinajstić information content (AvgIpc) is 3.30. The lowest BCUT2D eigenvalue weighted by Gasteiger charge is -2.38. The summed E-state index contributed by atoms with van der Waals surface area (Å²) in [5.41, 5.74) is 0. The Morgan fingerprint density at radius 3 is 2.05 bits per heavy atom. The van der Waals surface area contributed by atoms with Crippen LogP contribution in [0.15, 0.2) is 12.2 Å². The second kappa shape index (κ2) is 11.3. The van der Waals surface area contributed by atoms with Crippen LogP contribution in [-0.2, 0) is 4.74 Å². The van der Waals surface area contributed by atoms with Gasteiger partial charge in [0.1, 0.15) is 12.6 Å². The predicted octanol–water partition coefficient (Wildman–Crippen LogP) is 4.94. The molecule has 1 rings (SSSR count). The van der Waals surface area contributed by atoms with E-state index in [1.165, 1.54) is 82.0 Å². The summed E-state index contributed by atoms with van der Waals surface area (Å²) >= 11 is 0. The summed E-state index contributed by atoms with van der Waals surface area (Å²) < 4.78 is 6.80.